The van der Waals surface area contributed by atoms with Gasteiger partial charge < -0.3 is 10.4 Å². The van der Waals surface area contributed by atoms with E-state index in [0.29, 0.717) is 18.6 Å². The van der Waals surface area contributed by atoms with E-state index in [9.17, 15) is 39.9 Å². The molecule has 5 nitrogen and oxygen atoms in total. The van der Waals surface area contributed by atoms with Crippen LogP contribution in [0.4, 0.5) is 32.0 Å². The molecule has 180 valence electrons. The first-order valence-corrected chi connectivity index (χ1v) is 11.6. The van der Waals surface area contributed by atoms with Crippen molar-refractivity contribution in [2.24, 2.45) is 0 Å². The molecule has 0 aromatic heterocycles. The Kier molecular flexibility index (Phi) is 6.09. The molecule has 2 bridgehead atoms. The second kappa shape index (κ2) is 8.33. The Hall–Kier alpha value is -2.02. The predicted octanol–water partition coefficient (Wildman–Crippen LogP) is 4.76. The summed E-state index contributed by atoms with van der Waals surface area (Å²) in [6.07, 6.45) is -4.73. The zero-order valence-electron chi connectivity index (χ0n) is 16.6. The molecule has 3 atom stereocenters. The highest BCUT2D eigenvalue weighted by atomic mass is 35.5. The number of benzene rings is 2. The quantitative estimate of drug-likeness (QED) is 0.446. The van der Waals surface area contributed by atoms with Crippen molar-refractivity contribution in [3.8, 4) is 0 Å². The molecule has 4 rings (SSSR count). The van der Waals surface area contributed by atoms with E-state index < -0.39 is 74.0 Å². The second-order valence-corrected chi connectivity index (χ2v) is 10.3. The van der Waals surface area contributed by atoms with Gasteiger partial charge in [-0.3, -0.25) is 0 Å². The number of piperidine rings is 1. The Balaban J connectivity index is 1.71. The van der Waals surface area contributed by atoms with Crippen LogP contribution in [0.2, 0.25) is 5.02 Å². The molecule has 0 aliphatic carbocycles. The largest absolute Gasteiger partial charge is 0.412 e. The molecule has 3 unspecified atom stereocenters. The SMILES string of the molecule is O=S(=O)(c1cc(C(Nc2cc(F)c(F)c(F)c2)C(F)(F)F)ccc1Cl)N1C2CC(O)CC1C2. The number of alkyl halides is 3. The Morgan fingerprint density at radius 1 is 1.03 bits per heavy atom. The summed E-state index contributed by atoms with van der Waals surface area (Å²) in [5, 5.41) is 11.4. The van der Waals surface area contributed by atoms with Crippen LogP contribution >= 0.6 is 11.6 Å². The lowest BCUT2D eigenvalue weighted by atomic mass is 9.81. The number of anilines is 1. The van der Waals surface area contributed by atoms with Crippen LogP contribution in [0.15, 0.2) is 35.2 Å². The summed E-state index contributed by atoms with van der Waals surface area (Å²) in [7, 11) is -4.28. The molecule has 2 heterocycles. The molecule has 33 heavy (non-hydrogen) atoms. The molecular weight excluding hydrogens is 498 g/mol. The third-order valence-corrected chi connectivity index (χ3v) is 8.31. The third kappa shape index (κ3) is 4.41. The summed E-state index contributed by atoms with van der Waals surface area (Å²) in [6.45, 7) is 0. The van der Waals surface area contributed by atoms with Gasteiger partial charge in [0.1, 0.15) is 10.9 Å². The van der Waals surface area contributed by atoms with E-state index >= 15 is 0 Å². The molecule has 0 saturated carbocycles. The average Bonchev–Trinajstić information content (AvgIpc) is 2.69. The second-order valence-electron chi connectivity index (χ2n) is 8.07. The lowest BCUT2D eigenvalue weighted by molar-refractivity contribution is -0.144. The maximum atomic E-state index is 13.8. The maximum absolute atomic E-state index is 13.8. The van der Waals surface area contributed by atoms with Crippen molar-refractivity contribution in [3.05, 3.63) is 58.4 Å². The lowest BCUT2D eigenvalue weighted by Gasteiger charge is -2.52. The minimum Gasteiger partial charge on any atom is -0.393 e. The van der Waals surface area contributed by atoms with Crippen LogP contribution < -0.4 is 5.32 Å². The van der Waals surface area contributed by atoms with Gasteiger partial charge in [0, 0.05) is 29.9 Å². The number of fused-ring (bicyclic) bond motifs is 2. The number of rotatable bonds is 5. The van der Waals surface area contributed by atoms with Gasteiger partial charge >= 0.3 is 6.18 Å². The van der Waals surface area contributed by atoms with Crippen LogP contribution in [-0.2, 0) is 10.0 Å². The first-order valence-electron chi connectivity index (χ1n) is 9.78. The number of hydrogen-bond donors (Lipinski definition) is 2. The highest BCUT2D eigenvalue weighted by Gasteiger charge is 2.52. The van der Waals surface area contributed by atoms with Crippen molar-refractivity contribution < 1.29 is 39.9 Å². The van der Waals surface area contributed by atoms with Crippen molar-refractivity contribution in [3.63, 3.8) is 0 Å². The van der Waals surface area contributed by atoms with Crippen molar-refractivity contribution in [2.45, 2.75) is 54.6 Å². The maximum Gasteiger partial charge on any atom is 0.412 e. The molecule has 0 spiro atoms. The lowest BCUT2D eigenvalue weighted by Crippen LogP contribution is -2.63. The standard InChI is InChI=1S/C20H17ClF6N2O3S/c21-14-2-1-9(3-17(14)33(31,32)29-11-6-12(29)8-13(30)7-11)19(20(25,26)27)28-10-4-15(22)18(24)16(23)5-10/h1-5,11-13,19,28,30H,6-8H2. The predicted molar refractivity (Wildman–Crippen MR) is 107 cm³/mol. The van der Waals surface area contributed by atoms with Crippen molar-refractivity contribution in [1.82, 2.24) is 4.31 Å². The van der Waals surface area contributed by atoms with E-state index in [-0.39, 0.29) is 17.9 Å². The molecule has 2 fully saturated rings. The summed E-state index contributed by atoms with van der Waals surface area (Å²) < 4.78 is 109. The molecule has 2 aliphatic rings. The van der Waals surface area contributed by atoms with E-state index in [1.54, 1.807) is 0 Å². The summed E-state index contributed by atoms with van der Waals surface area (Å²) in [5.41, 5.74) is -1.28. The van der Waals surface area contributed by atoms with Gasteiger partial charge in [0.2, 0.25) is 10.0 Å². The summed E-state index contributed by atoms with van der Waals surface area (Å²) in [6, 6.07) is -0.150. The fraction of sp³-hybridized carbons (Fsp3) is 0.400. The van der Waals surface area contributed by atoms with Crippen LogP contribution in [0.3, 0.4) is 0 Å². The Labute approximate surface area is 190 Å². The van der Waals surface area contributed by atoms with E-state index in [2.05, 4.69) is 0 Å². The Morgan fingerprint density at radius 2 is 1.61 bits per heavy atom. The Morgan fingerprint density at radius 3 is 2.15 bits per heavy atom. The Bertz CT molecular complexity index is 1160. The minimum atomic E-state index is -5.02. The summed E-state index contributed by atoms with van der Waals surface area (Å²) in [4.78, 5) is -0.555. The highest BCUT2D eigenvalue weighted by Crippen LogP contribution is 2.44. The zero-order chi connectivity index (χ0) is 24.3. The van der Waals surface area contributed by atoms with Crippen molar-refractivity contribution in [1.29, 1.82) is 0 Å². The van der Waals surface area contributed by atoms with Gasteiger partial charge in [-0.2, -0.15) is 17.5 Å². The van der Waals surface area contributed by atoms with E-state index in [1.165, 1.54) is 0 Å². The molecule has 2 saturated heterocycles. The van der Waals surface area contributed by atoms with Crippen molar-refractivity contribution in [2.75, 3.05) is 5.32 Å². The topological polar surface area (TPSA) is 69.6 Å². The van der Waals surface area contributed by atoms with Gasteiger partial charge in [0.25, 0.3) is 0 Å². The number of hydrogen-bond acceptors (Lipinski definition) is 4. The van der Waals surface area contributed by atoms with Crippen LogP contribution in [0.25, 0.3) is 0 Å². The number of sulfonamides is 1. The molecule has 2 aromatic rings. The average molecular weight is 515 g/mol. The smallest absolute Gasteiger partial charge is 0.393 e. The zero-order valence-corrected chi connectivity index (χ0v) is 18.2. The van der Waals surface area contributed by atoms with Crippen LogP contribution in [0.5, 0.6) is 0 Å². The van der Waals surface area contributed by atoms with Gasteiger partial charge in [-0.25, -0.2) is 21.6 Å². The first-order chi connectivity index (χ1) is 15.3. The van der Waals surface area contributed by atoms with Gasteiger partial charge in [-0.05, 0) is 37.0 Å². The third-order valence-electron chi connectivity index (χ3n) is 5.82. The van der Waals surface area contributed by atoms with Crippen LogP contribution in [0, 0.1) is 17.5 Å². The van der Waals surface area contributed by atoms with Gasteiger partial charge in [0.15, 0.2) is 17.5 Å². The fourth-order valence-corrected chi connectivity index (χ4v) is 6.74. The molecule has 2 aromatic carbocycles. The number of halogens is 7. The highest BCUT2D eigenvalue weighted by molar-refractivity contribution is 7.89. The molecular formula is C20H17ClF6N2O3S. The molecule has 0 amide bonds. The van der Waals surface area contributed by atoms with E-state index in [0.717, 1.165) is 22.5 Å². The normalized spacial score (nSPS) is 24.3. The number of aliphatic hydroxyl groups is 1. The fourth-order valence-electron chi connectivity index (χ4n) is 4.37. The van der Waals surface area contributed by atoms with Crippen molar-refractivity contribution >= 4 is 27.3 Å². The molecule has 2 aliphatic heterocycles. The summed E-state index contributed by atoms with van der Waals surface area (Å²) >= 11 is 6.03. The van der Waals surface area contributed by atoms with E-state index in [1.807, 2.05) is 5.32 Å². The van der Waals surface area contributed by atoms with Crippen LogP contribution in [-0.4, -0.2) is 42.2 Å². The van der Waals surface area contributed by atoms with Gasteiger partial charge in [0.05, 0.1) is 11.1 Å². The first kappa shape index (κ1) is 24.1. The van der Waals surface area contributed by atoms with Gasteiger partial charge in [-0.1, -0.05) is 17.7 Å². The molecule has 2 N–H and O–H groups in total. The number of nitrogens with zero attached hydrogens (tertiary/aromatic N) is 1. The van der Waals surface area contributed by atoms with Crippen LogP contribution in [0.1, 0.15) is 30.9 Å². The van der Waals surface area contributed by atoms with E-state index in [4.69, 9.17) is 11.6 Å². The molecule has 0 radical (unpaired) electrons. The molecule has 13 heteroatoms. The summed E-state index contributed by atoms with van der Waals surface area (Å²) in [5.74, 6) is -5.22. The number of nitrogens with one attached hydrogen (secondary N) is 1. The monoisotopic (exact) mass is 514 g/mol. The number of aliphatic hydroxyl groups excluding tert-OH is 1. The van der Waals surface area contributed by atoms with Gasteiger partial charge in [-0.15, -0.1) is 0 Å². The minimum absolute atomic E-state index is 0.210.